The number of nitrogens with zero attached hydrogens (tertiary/aromatic N) is 1. The number of aliphatic hydroxyl groups is 1. The molecule has 110 valence electrons. The predicted octanol–water partition coefficient (Wildman–Crippen LogP) is 2.73. The molecule has 2 aliphatic carbocycles. The number of aliphatic hydroxyl groups excluding tert-OH is 1. The lowest BCUT2D eigenvalue weighted by molar-refractivity contribution is 0.114. The van der Waals surface area contributed by atoms with Crippen molar-refractivity contribution in [3.63, 3.8) is 0 Å². The number of carbonyl (C=O) groups excluding carboxylic acids is 1. The fourth-order valence-electron chi connectivity index (χ4n) is 2.80. The van der Waals surface area contributed by atoms with Crippen LogP contribution in [-0.4, -0.2) is 34.2 Å². The van der Waals surface area contributed by atoms with Gasteiger partial charge in [-0.3, -0.25) is 0 Å². The van der Waals surface area contributed by atoms with Gasteiger partial charge in [-0.1, -0.05) is 6.07 Å². The third kappa shape index (κ3) is 3.52. The quantitative estimate of drug-likeness (QED) is 0.897. The van der Waals surface area contributed by atoms with E-state index in [1.165, 1.54) is 4.88 Å². The lowest BCUT2D eigenvalue weighted by Gasteiger charge is -2.29. The topological polar surface area (TPSA) is 52.6 Å². The Bertz CT molecular complexity index is 437. The molecule has 3 rings (SSSR count). The number of hydrogen-bond acceptors (Lipinski definition) is 3. The van der Waals surface area contributed by atoms with Gasteiger partial charge in [0, 0.05) is 17.0 Å². The second kappa shape index (κ2) is 6.14. The second-order valence-electron chi connectivity index (χ2n) is 5.89. The van der Waals surface area contributed by atoms with Gasteiger partial charge in [-0.05, 0) is 50.0 Å². The van der Waals surface area contributed by atoms with E-state index in [-0.39, 0.29) is 18.2 Å². The van der Waals surface area contributed by atoms with Gasteiger partial charge < -0.3 is 15.3 Å². The van der Waals surface area contributed by atoms with Crippen LogP contribution in [0.4, 0.5) is 4.79 Å². The van der Waals surface area contributed by atoms with Crippen LogP contribution in [0.2, 0.25) is 0 Å². The Kier molecular flexibility index (Phi) is 4.27. The molecule has 4 nitrogen and oxygen atoms in total. The normalized spacial score (nSPS) is 26.2. The van der Waals surface area contributed by atoms with E-state index in [4.69, 9.17) is 0 Å². The van der Waals surface area contributed by atoms with E-state index in [0.717, 1.165) is 45.1 Å². The van der Waals surface area contributed by atoms with E-state index in [1.807, 2.05) is 11.0 Å². The first-order chi connectivity index (χ1) is 9.72. The molecule has 2 aliphatic rings. The highest BCUT2D eigenvalue weighted by Crippen LogP contribution is 2.29. The van der Waals surface area contributed by atoms with Crippen LogP contribution in [0, 0.1) is 0 Å². The summed E-state index contributed by atoms with van der Waals surface area (Å²) in [4.78, 5) is 15.7. The van der Waals surface area contributed by atoms with Gasteiger partial charge in [0.25, 0.3) is 0 Å². The smallest absolute Gasteiger partial charge is 0.318 e. The number of thiophene rings is 1. The zero-order valence-corrected chi connectivity index (χ0v) is 12.4. The lowest BCUT2D eigenvalue weighted by Crippen LogP contribution is -2.46. The van der Waals surface area contributed by atoms with Crippen LogP contribution in [0.15, 0.2) is 17.5 Å². The molecule has 20 heavy (non-hydrogen) atoms. The predicted molar refractivity (Wildman–Crippen MR) is 79.7 cm³/mol. The summed E-state index contributed by atoms with van der Waals surface area (Å²) >= 11 is 1.71. The van der Waals surface area contributed by atoms with E-state index < -0.39 is 0 Å². The van der Waals surface area contributed by atoms with Crippen LogP contribution in [0.25, 0.3) is 0 Å². The van der Waals surface area contributed by atoms with Crippen LogP contribution in [-0.2, 0) is 6.54 Å². The zero-order valence-electron chi connectivity index (χ0n) is 11.6. The van der Waals surface area contributed by atoms with Crippen LogP contribution in [0.3, 0.4) is 0 Å². The van der Waals surface area contributed by atoms with Crippen LogP contribution < -0.4 is 5.32 Å². The van der Waals surface area contributed by atoms with Gasteiger partial charge in [-0.2, -0.15) is 0 Å². The molecule has 0 atom stereocenters. The SMILES string of the molecule is O=C(NC1CCC(O)CC1)N(Cc1cccs1)C1CC1. The van der Waals surface area contributed by atoms with E-state index in [9.17, 15) is 9.90 Å². The summed E-state index contributed by atoms with van der Waals surface area (Å²) in [7, 11) is 0. The van der Waals surface area contributed by atoms with Crippen LogP contribution >= 0.6 is 11.3 Å². The first-order valence-electron chi connectivity index (χ1n) is 7.50. The highest BCUT2D eigenvalue weighted by Gasteiger charge is 2.34. The van der Waals surface area contributed by atoms with E-state index in [0.29, 0.717) is 6.04 Å². The summed E-state index contributed by atoms with van der Waals surface area (Å²) in [6.07, 6.45) is 5.48. The standard InChI is InChI=1S/C15H22N2O2S/c18-13-7-3-11(4-8-13)16-15(19)17(12-5-6-12)10-14-2-1-9-20-14/h1-2,9,11-13,18H,3-8,10H2,(H,16,19). The maximum Gasteiger partial charge on any atom is 0.318 e. The van der Waals surface area contributed by atoms with Crippen molar-refractivity contribution in [2.75, 3.05) is 0 Å². The van der Waals surface area contributed by atoms with Crippen molar-refractivity contribution < 1.29 is 9.90 Å². The molecule has 0 saturated heterocycles. The molecule has 2 N–H and O–H groups in total. The number of nitrogens with one attached hydrogen (secondary N) is 1. The van der Waals surface area contributed by atoms with E-state index in [2.05, 4.69) is 16.8 Å². The van der Waals surface area contributed by atoms with Crippen LogP contribution in [0.1, 0.15) is 43.4 Å². The molecule has 0 radical (unpaired) electrons. The van der Waals surface area contributed by atoms with Gasteiger partial charge >= 0.3 is 6.03 Å². The van der Waals surface area contributed by atoms with Gasteiger partial charge in [0.2, 0.25) is 0 Å². The van der Waals surface area contributed by atoms with Crippen molar-refractivity contribution in [3.8, 4) is 0 Å². The molecular formula is C15H22N2O2S. The van der Waals surface area contributed by atoms with Crippen molar-refractivity contribution in [2.45, 2.75) is 63.3 Å². The molecule has 0 bridgehead atoms. The molecule has 1 aromatic rings. The molecule has 0 unspecified atom stereocenters. The molecule has 0 aliphatic heterocycles. The van der Waals surface area contributed by atoms with Gasteiger partial charge in [-0.25, -0.2) is 4.79 Å². The van der Waals surface area contributed by atoms with E-state index >= 15 is 0 Å². The Morgan fingerprint density at radius 1 is 1.30 bits per heavy atom. The summed E-state index contributed by atoms with van der Waals surface area (Å²) in [6.45, 7) is 0.726. The molecule has 2 fully saturated rings. The Labute approximate surface area is 123 Å². The number of carbonyl (C=O) groups is 1. The minimum absolute atomic E-state index is 0.0716. The average Bonchev–Trinajstić information content (AvgIpc) is 3.15. The molecule has 5 heteroatoms. The van der Waals surface area contributed by atoms with Crippen molar-refractivity contribution in [2.24, 2.45) is 0 Å². The first-order valence-corrected chi connectivity index (χ1v) is 8.38. The molecule has 1 heterocycles. The maximum atomic E-state index is 12.5. The maximum absolute atomic E-state index is 12.5. The lowest BCUT2D eigenvalue weighted by atomic mass is 9.93. The van der Waals surface area contributed by atoms with Crippen molar-refractivity contribution in [3.05, 3.63) is 22.4 Å². The molecule has 2 amide bonds. The van der Waals surface area contributed by atoms with Crippen molar-refractivity contribution >= 4 is 17.4 Å². The Morgan fingerprint density at radius 3 is 2.65 bits per heavy atom. The van der Waals surface area contributed by atoms with Gasteiger partial charge in [0.1, 0.15) is 0 Å². The van der Waals surface area contributed by atoms with Crippen molar-refractivity contribution in [1.29, 1.82) is 0 Å². The Balaban J connectivity index is 1.55. The highest BCUT2D eigenvalue weighted by molar-refractivity contribution is 7.09. The summed E-state index contributed by atoms with van der Waals surface area (Å²) < 4.78 is 0. The number of hydrogen-bond donors (Lipinski definition) is 2. The van der Waals surface area contributed by atoms with Crippen molar-refractivity contribution in [1.82, 2.24) is 10.2 Å². The molecule has 1 aromatic heterocycles. The fourth-order valence-corrected chi connectivity index (χ4v) is 3.50. The average molecular weight is 294 g/mol. The monoisotopic (exact) mass is 294 g/mol. The fraction of sp³-hybridized carbons (Fsp3) is 0.667. The largest absolute Gasteiger partial charge is 0.393 e. The zero-order chi connectivity index (χ0) is 13.9. The second-order valence-corrected chi connectivity index (χ2v) is 6.93. The first kappa shape index (κ1) is 13.9. The Morgan fingerprint density at radius 2 is 2.05 bits per heavy atom. The summed E-state index contributed by atoms with van der Waals surface area (Å²) in [5, 5.41) is 14.7. The summed E-state index contributed by atoms with van der Waals surface area (Å²) in [5.41, 5.74) is 0. The summed E-state index contributed by atoms with van der Waals surface area (Å²) in [5.74, 6) is 0. The van der Waals surface area contributed by atoms with Gasteiger partial charge in [0.15, 0.2) is 0 Å². The summed E-state index contributed by atoms with van der Waals surface area (Å²) in [6, 6.07) is 4.85. The van der Waals surface area contributed by atoms with Gasteiger partial charge in [-0.15, -0.1) is 11.3 Å². The minimum atomic E-state index is -0.172. The number of amides is 2. The molecule has 2 saturated carbocycles. The third-order valence-electron chi connectivity index (χ3n) is 4.18. The number of urea groups is 1. The molecule has 0 spiro atoms. The molecule has 0 aromatic carbocycles. The van der Waals surface area contributed by atoms with Crippen LogP contribution in [0.5, 0.6) is 0 Å². The highest BCUT2D eigenvalue weighted by atomic mass is 32.1. The van der Waals surface area contributed by atoms with E-state index in [1.54, 1.807) is 11.3 Å². The molecular weight excluding hydrogens is 272 g/mol. The minimum Gasteiger partial charge on any atom is -0.393 e. The third-order valence-corrected chi connectivity index (χ3v) is 5.04. The Hall–Kier alpha value is -1.07. The van der Waals surface area contributed by atoms with Gasteiger partial charge in [0.05, 0.1) is 12.6 Å². The number of rotatable bonds is 4.